The molecule has 25 heavy (non-hydrogen) atoms. The molecule has 1 amide bonds. The van der Waals surface area contributed by atoms with Gasteiger partial charge in [0.2, 0.25) is 5.91 Å². The molecule has 1 radical (unpaired) electrons. The topological polar surface area (TPSA) is 29.5 Å². The predicted octanol–water partition coefficient (Wildman–Crippen LogP) is 4.07. The van der Waals surface area contributed by atoms with E-state index in [1.54, 1.807) is 6.26 Å². The second-order valence-electron chi connectivity index (χ2n) is 4.85. The van der Waals surface area contributed by atoms with E-state index in [0.717, 1.165) is 12.1 Å². The van der Waals surface area contributed by atoms with Crippen LogP contribution in [0.2, 0.25) is 0 Å². The summed E-state index contributed by atoms with van der Waals surface area (Å²) in [7, 11) is 0. The maximum atomic E-state index is 14.3. The molecule has 0 spiro atoms. The normalized spacial score (nSPS) is 17.4. The van der Waals surface area contributed by atoms with Crippen LogP contribution in [0.4, 0.5) is 17.6 Å². The molecule has 0 aromatic heterocycles. The van der Waals surface area contributed by atoms with Gasteiger partial charge in [-0.25, -0.2) is 23.6 Å². The average molecular weight is 516 g/mol. The fourth-order valence-corrected chi connectivity index (χ4v) is 2.84. The number of amides is 1. The first-order valence-corrected chi connectivity index (χ1v) is 9.11. The van der Waals surface area contributed by atoms with Gasteiger partial charge in [-0.3, -0.25) is 4.79 Å². The van der Waals surface area contributed by atoms with Gasteiger partial charge in [0.1, 0.15) is 11.7 Å². The molecular formula is C15H13BrF4NO2SY-. The van der Waals surface area contributed by atoms with Gasteiger partial charge < -0.3 is 9.64 Å². The Morgan fingerprint density at radius 3 is 2.52 bits per heavy atom. The summed E-state index contributed by atoms with van der Waals surface area (Å²) in [5.41, 5.74) is -0.887. The number of halogens is 5. The molecule has 135 valence electrons. The smallest absolute Gasteiger partial charge is 0.256 e. The summed E-state index contributed by atoms with van der Waals surface area (Å²) in [5, 5.41) is 0. The van der Waals surface area contributed by atoms with Crippen molar-refractivity contribution < 1.29 is 59.8 Å². The fourth-order valence-electron chi connectivity index (χ4n) is 2.18. The molecule has 3 nitrogen and oxygen atoms in total. The van der Waals surface area contributed by atoms with Gasteiger partial charge >= 0.3 is 0 Å². The minimum atomic E-state index is -2.85. The molecule has 1 aliphatic rings. The van der Waals surface area contributed by atoms with Gasteiger partial charge in [-0.05, 0) is 18.4 Å². The Hall–Kier alpha value is -0.116. The maximum absolute atomic E-state index is 14.3. The van der Waals surface area contributed by atoms with Gasteiger partial charge in [0.25, 0.3) is 6.43 Å². The van der Waals surface area contributed by atoms with Gasteiger partial charge in [-0.1, -0.05) is 27.9 Å². The van der Waals surface area contributed by atoms with Gasteiger partial charge in [0.05, 0.1) is 23.0 Å². The standard InChI is InChI=1S/C15H13BrF4NO2S.Y/c1-24-7-23-8-4-10(17)14(11(18)5-8)12-3-2-9(16)15(22)21(12)6-13(19)20;/h4-5,9,13H,2,6-7H2,1H3;/q-1;. The van der Waals surface area contributed by atoms with Crippen molar-refractivity contribution in [2.45, 2.75) is 17.7 Å². The zero-order chi connectivity index (χ0) is 17.9. The Kier molecular flexibility index (Phi) is 9.42. The number of carbonyl (C=O) groups is 1. The summed E-state index contributed by atoms with van der Waals surface area (Å²) in [4.78, 5) is 12.0. The van der Waals surface area contributed by atoms with Gasteiger partial charge in [-0.15, -0.1) is 17.5 Å². The van der Waals surface area contributed by atoms with Crippen molar-refractivity contribution in [3.63, 3.8) is 0 Å². The third-order valence-corrected chi connectivity index (χ3v) is 4.24. The van der Waals surface area contributed by atoms with E-state index < -0.39 is 40.9 Å². The van der Waals surface area contributed by atoms with Crippen molar-refractivity contribution in [3.8, 4) is 5.75 Å². The van der Waals surface area contributed by atoms with Crippen LogP contribution in [0.1, 0.15) is 12.0 Å². The second-order valence-corrected chi connectivity index (χ2v) is 6.77. The van der Waals surface area contributed by atoms with Gasteiger partial charge in [-0.2, -0.15) is 0 Å². The first-order valence-electron chi connectivity index (χ1n) is 6.80. The van der Waals surface area contributed by atoms with Crippen LogP contribution in [0.3, 0.4) is 0 Å². The number of hydrogen-bond donors (Lipinski definition) is 0. The van der Waals surface area contributed by atoms with Crippen LogP contribution >= 0.6 is 27.7 Å². The van der Waals surface area contributed by atoms with E-state index in [1.165, 1.54) is 11.8 Å². The first-order chi connectivity index (χ1) is 11.3. The third kappa shape index (κ3) is 5.68. The molecular weight excluding hydrogens is 503 g/mol. The molecule has 10 heteroatoms. The molecule has 0 fully saturated rings. The van der Waals surface area contributed by atoms with E-state index in [0.29, 0.717) is 4.90 Å². The Morgan fingerprint density at radius 1 is 1.40 bits per heavy atom. The van der Waals surface area contributed by atoms with E-state index in [9.17, 15) is 22.4 Å². The Labute approximate surface area is 180 Å². The SMILES string of the molecule is CSCOc1cc(F)c(C2=[C-]CC(Br)C(=O)N2CC(F)F)c(F)c1.[Y]. The minimum absolute atomic E-state index is 0. The number of carbonyl (C=O) groups excluding carboxylic acids is 1. The molecule has 1 heterocycles. The molecule has 1 aromatic carbocycles. The van der Waals surface area contributed by atoms with Crippen molar-refractivity contribution in [2.24, 2.45) is 0 Å². The summed E-state index contributed by atoms with van der Waals surface area (Å²) in [6, 6.07) is 1.91. The third-order valence-electron chi connectivity index (χ3n) is 3.17. The molecule has 0 aliphatic carbocycles. The van der Waals surface area contributed by atoms with E-state index in [-0.39, 0.29) is 56.5 Å². The zero-order valence-electron chi connectivity index (χ0n) is 13.1. The van der Waals surface area contributed by atoms with E-state index in [1.807, 2.05) is 0 Å². The summed E-state index contributed by atoms with van der Waals surface area (Å²) >= 11 is 4.36. The van der Waals surface area contributed by atoms with Crippen molar-refractivity contribution in [2.75, 3.05) is 18.7 Å². The molecule has 1 atom stereocenters. The van der Waals surface area contributed by atoms with Crippen LogP contribution in [-0.4, -0.2) is 40.8 Å². The average Bonchev–Trinajstić information content (AvgIpc) is 2.51. The summed E-state index contributed by atoms with van der Waals surface area (Å²) in [6.07, 6.45) is 1.57. The second kappa shape index (κ2) is 10.3. The molecule has 0 bridgehead atoms. The molecule has 1 aliphatic heterocycles. The van der Waals surface area contributed by atoms with E-state index in [4.69, 9.17) is 4.74 Å². The Bertz CT molecular complexity index is 639. The van der Waals surface area contributed by atoms with Crippen LogP contribution in [0.5, 0.6) is 5.75 Å². The molecule has 0 saturated heterocycles. The number of alkyl halides is 3. The largest absolute Gasteiger partial charge is 0.483 e. The molecule has 1 unspecified atom stereocenters. The number of ether oxygens (including phenoxy) is 1. The number of benzene rings is 1. The van der Waals surface area contributed by atoms with Crippen molar-refractivity contribution in [1.82, 2.24) is 4.90 Å². The summed E-state index contributed by atoms with van der Waals surface area (Å²) in [6.45, 7) is -0.965. The summed E-state index contributed by atoms with van der Waals surface area (Å²) in [5.74, 6) is -2.52. The first kappa shape index (κ1) is 22.9. The molecule has 0 saturated carbocycles. The van der Waals surface area contributed by atoms with Crippen LogP contribution in [0.15, 0.2) is 12.1 Å². The van der Waals surface area contributed by atoms with Crippen molar-refractivity contribution in [1.29, 1.82) is 0 Å². The van der Waals surface area contributed by atoms with Crippen LogP contribution in [-0.2, 0) is 37.5 Å². The minimum Gasteiger partial charge on any atom is -0.483 e. The summed E-state index contributed by atoms with van der Waals surface area (Å²) < 4.78 is 59.3. The maximum Gasteiger partial charge on any atom is 0.256 e. The molecule has 0 N–H and O–H groups in total. The van der Waals surface area contributed by atoms with Crippen LogP contribution in [0, 0.1) is 17.7 Å². The van der Waals surface area contributed by atoms with E-state index >= 15 is 0 Å². The Morgan fingerprint density at radius 2 is 2.00 bits per heavy atom. The number of rotatable bonds is 6. The zero-order valence-corrected chi connectivity index (χ0v) is 18.3. The van der Waals surface area contributed by atoms with Crippen LogP contribution in [0.25, 0.3) is 5.70 Å². The van der Waals surface area contributed by atoms with Crippen molar-refractivity contribution >= 4 is 39.3 Å². The molecule has 2 rings (SSSR count). The number of nitrogens with zero attached hydrogens (tertiary/aromatic N) is 1. The number of thioether (sulfide) groups is 1. The number of hydrogen-bond acceptors (Lipinski definition) is 3. The predicted molar refractivity (Wildman–Crippen MR) is 87.1 cm³/mol. The fraction of sp³-hybridized carbons (Fsp3) is 0.400. The van der Waals surface area contributed by atoms with E-state index in [2.05, 4.69) is 22.0 Å². The molecule has 1 aromatic rings. The van der Waals surface area contributed by atoms with Gasteiger partial charge in [0.15, 0.2) is 0 Å². The number of allylic oxidation sites excluding steroid dienone is 1. The Balaban J connectivity index is 0.00000312. The quantitative estimate of drug-likeness (QED) is 0.247. The monoisotopic (exact) mass is 515 g/mol. The van der Waals surface area contributed by atoms with Gasteiger partial charge in [0, 0.05) is 32.7 Å². The van der Waals surface area contributed by atoms with Crippen LogP contribution < -0.4 is 4.74 Å². The van der Waals surface area contributed by atoms with Crippen molar-refractivity contribution in [3.05, 3.63) is 35.4 Å².